The third kappa shape index (κ3) is 7.62. The number of halogens is 3. The largest absolute Gasteiger partial charge is 0.523 e. The van der Waals surface area contributed by atoms with Crippen molar-refractivity contribution in [3.63, 3.8) is 0 Å². The van der Waals surface area contributed by atoms with Gasteiger partial charge in [-0.2, -0.15) is 21.6 Å². The second-order valence-corrected chi connectivity index (χ2v) is 7.63. The number of esters is 4. The summed E-state index contributed by atoms with van der Waals surface area (Å²) in [5, 5.41) is 0. The molecule has 0 bridgehead atoms. The molecule has 0 spiro atoms. The first kappa shape index (κ1) is 26.6. The van der Waals surface area contributed by atoms with Gasteiger partial charge < -0.3 is 23.7 Å². The Balaban J connectivity index is 3.53. The molecule has 1 aliphatic heterocycles. The van der Waals surface area contributed by atoms with Gasteiger partial charge in [0.2, 0.25) is 6.29 Å². The van der Waals surface area contributed by atoms with Crippen molar-refractivity contribution >= 4 is 34.0 Å². The Morgan fingerprint density at radius 3 is 1.71 bits per heavy atom. The van der Waals surface area contributed by atoms with Crippen molar-refractivity contribution < 1.29 is 68.6 Å². The van der Waals surface area contributed by atoms with Crippen LogP contribution in [0.2, 0.25) is 0 Å². The summed E-state index contributed by atoms with van der Waals surface area (Å²) in [6.45, 7) is 2.71. The van der Waals surface area contributed by atoms with Crippen molar-refractivity contribution in [3.8, 4) is 0 Å². The van der Waals surface area contributed by atoms with Crippen LogP contribution in [-0.4, -0.2) is 75.1 Å². The maximum atomic E-state index is 12.9. The summed E-state index contributed by atoms with van der Waals surface area (Å²) in [5.41, 5.74) is -5.91. The van der Waals surface area contributed by atoms with E-state index in [0.717, 1.165) is 27.7 Å². The van der Waals surface area contributed by atoms with Gasteiger partial charge in [-0.15, -0.1) is 0 Å². The van der Waals surface area contributed by atoms with Gasteiger partial charge >= 0.3 is 39.5 Å². The number of hydrogen-bond donors (Lipinski definition) is 0. The average molecular weight is 480 g/mol. The summed E-state index contributed by atoms with van der Waals surface area (Å²) < 4.78 is 90.5. The lowest BCUT2D eigenvalue weighted by molar-refractivity contribution is -0.294. The monoisotopic (exact) mass is 480 g/mol. The highest BCUT2D eigenvalue weighted by Crippen LogP contribution is 2.34. The van der Waals surface area contributed by atoms with Gasteiger partial charge in [0.15, 0.2) is 18.3 Å². The molecule has 1 fully saturated rings. The summed E-state index contributed by atoms with van der Waals surface area (Å²) in [5.74, 6) is -4.20. The molecular weight excluding hydrogens is 461 g/mol. The lowest BCUT2D eigenvalue weighted by Crippen LogP contribution is -2.63. The van der Waals surface area contributed by atoms with E-state index in [1.54, 1.807) is 0 Å². The maximum Gasteiger partial charge on any atom is 0.523 e. The van der Waals surface area contributed by atoms with E-state index in [1.807, 2.05) is 0 Å². The summed E-state index contributed by atoms with van der Waals surface area (Å²) in [6.07, 6.45) is -10.2. The Labute approximate surface area is 174 Å². The molecule has 0 aliphatic carbocycles. The fourth-order valence-corrected chi connectivity index (χ4v) is 3.05. The Morgan fingerprint density at radius 1 is 0.806 bits per heavy atom. The highest BCUT2D eigenvalue weighted by Gasteiger charge is 2.58. The molecule has 31 heavy (non-hydrogen) atoms. The van der Waals surface area contributed by atoms with Gasteiger partial charge in [-0.3, -0.25) is 23.4 Å². The van der Waals surface area contributed by atoms with Gasteiger partial charge in [0.25, 0.3) is 0 Å². The molecule has 16 heteroatoms. The minimum atomic E-state index is -6.33. The Hall–Kier alpha value is -2.46. The van der Waals surface area contributed by atoms with Crippen LogP contribution in [0, 0.1) is 0 Å². The number of alkyl halides is 3. The van der Waals surface area contributed by atoms with Gasteiger partial charge in [-0.1, -0.05) is 0 Å². The molecule has 0 aromatic carbocycles. The zero-order valence-corrected chi connectivity index (χ0v) is 17.4. The van der Waals surface area contributed by atoms with Gasteiger partial charge in [0.1, 0.15) is 12.7 Å². The molecule has 178 valence electrons. The molecule has 0 amide bonds. The Kier molecular flexibility index (Phi) is 8.77. The zero-order valence-electron chi connectivity index (χ0n) is 16.5. The predicted molar refractivity (Wildman–Crippen MR) is 88.0 cm³/mol. The van der Waals surface area contributed by atoms with E-state index in [-0.39, 0.29) is 0 Å². The number of rotatable bonds is 7. The van der Waals surface area contributed by atoms with E-state index in [1.165, 1.54) is 0 Å². The molecular formula is C15H19F3O12S. The van der Waals surface area contributed by atoms with Crippen molar-refractivity contribution in [1.82, 2.24) is 0 Å². The van der Waals surface area contributed by atoms with Crippen LogP contribution >= 0.6 is 0 Å². The van der Waals surface area contributed by atoms with E-state index in [4.69, 9.17) is 18.9 Å². The molecule has 1 rings (SSSR count). The summed E-state index contributed by atoms with van der Waals surface area (Å²) in [6, 6.07) is 0. The molecule has 1 aliphatic rings. The van der Waals surface area contributed by atoms with E-state index in [9.17, 15) is 40.8 Å². The van der Waals surface area contributed by atoms with Crippen LogP contribution in [0.4, 0.5) is 13.2 Å². The van der Waals surface area contributed by atoms with Crippen molar-refractivity contribution in [2.75, 3.05) is 6.61 Å². The smallest absolute Gasteiger partial charge is 0.463 e. The number of carbonyl (C=O) groups is 4. The highest BCUT2D eigenvalue weighted by molar-refractivity contribution is 7.87. The predicted octanol–water partition coefficient (Wildman–Crippen LogP) is -0.0643. The molecule has 1 saturated heterocycles. The first-order chi connectivity index (χ1) is 14.0. The Morgan fingerprint density at radius 2 is 1.29 bits per heavy atom. The van der Waals surface area contributed by atoms with Crippen molar-refractivity contribution in [2.24, 2.45) is 0 Å². The summed E-state index contributed by atoms with van der Waals surface area (Å²) in [4.78, 5) is 45.4. The van der Waals surface area contributed by atoms with Gasteiger partial charge in [-0.05, 0) is 0 Å². The maximum absolute atomic E-state index is 12.9. The van der Waals surface area contributed by atoms with E-state index in [0.29, 0.717) is 0 Å². The van der Waals surface area contributed by atoms with Gasteiger partial charge in [0, 0.05) is 27.7 Å². The number of carbonyl (C=O) groups excluding carboxylic acids is 4. The topological polar surface area (TPSA) is 158 Å². The van der Waals surface area contributed by atoms with Gasteiger partial charge in [-0.25, -0.2) is 0 Å². The zero-order chi connectivity index (χ0) is 24.1. The van der Waals surface area contributed by atoms with E-state index >= 15 is 0 Å². The van der Waals surface area contributed by atoms with Crippen molar-refractivity contribution in [1.29, 1.82) is 0 Å². The normalized spacial score (nSPS) is 26.5. The van der Waals surface area contributed by atoms with Crippen LogP contribution in [0.3, 0.4) is 0 Å². The third-order valence-electron chi connectivity index (χ3n) is 3.45. The lowest BCUT2D eigenvalue weighted by Gasteiger charge is -2.43. The lowest BCUT2D eigenvalue weighted by atomic mass is 9.98. The minimum absolute atomic E-state index is 0.774. The molecule has 0 radical (unpaired) electrons. The molecule has 1 heterocycles. The van der Waals surface area contributed by atoms with Crippen molar-refractivity contribution in [3.05, 3.63) is 0 Å². The third-order valence-corrected chi connectivity index (χ3v) is 4.49. The molecule has 12 nitrogen and oxygen atoms in total. The summed E-state index contributed by atoms with van der Waals surface area (Å²) >= 11 is 0. The average Bonchev–Trinajstić information content (AvgIpc) is 2.56. The SMILES string of the molecule is CC(=O)OC[C@H]1O[C@@H](OC(C)=O)[C@H](OC(C)=O)[C@@H](OS(=O)(=O)C(F)(F)F)[C@@H]1OC(C)=O. The minimum Gasteiger partial charge on any atom is -0.463 e. The first-order valence-electron chi connectivity index (χ1n) is 8.35. The van der Waals surface area contributed by atoms with Crippen LogP contribution in [0.1, 0.15) is 27.7 Å². The van der Waals surface area contributed by atoms with E-state index < -0.39 is 76.8 Å². The molecule has 0 saturated carbocycles. The van der Waals surface area contributed by atoms with Crippen LogP contribution in [0.15, 0.2) is 0 Å². The standard InChI is InChI=1S/C15H19F3O12S/c1-6(19)25-5-10-11(26-7(2)20)12(30-31(23,24)15(16,17)18)13(27-8(3)21)14(29-10)28-9(4)22/h10-14H,5H2,1-4H3/t10-,11-,12+,13-,14-/m1/s1. The molecule has 0 unspecified atom stereocenters. The van der Waals surface area contributed by atoms with E-state index in [2.05, 4.69) is 8.92 Å². The highest BCUT2D eigenvalue weighted by atomic mass is 32.2. The van der Waals surface area contributed by atoms with Crippen LogP contribution in [0.5, 0.6) is 0 Å². The molecule has 5 atom stereocenters. The Bertz CT molecular complexity index is 809. The second-order valence-electron chi connectivity index (χ2n) is 6.06. The second kappa shape index (κ2) is 10.2. The van der Waals surface area contributed by atoms with Crippen LogP contribution in [0.25, 0.3) is 0 Å². The van der Waals surface area contributed by atoms with Crippen LogP contribution < -0.4 is 0 Å². The fraction of sp³-hybridized carbons (Fsp3) is 0.733. The molecule has 0 aromatic rings. The van der Waals surface area contributed by atoms with Crippen molar-refractivity contribution in [2.45, 2.75) is 63.9 Å². The fourth-order valence-electron chi connectivity index (χ4n) is 2.43. The first-order valence-corrected chi connectivity index (χ1v) is 9.76. The molecule has 0 N–H and O–H groups in total. The number of hydrogen-bond acceptors (Lipinski definition) is 12. The summed E-state index contributed by atoms with van der Waals surface area (Å²) in [7, 11) is -6.33. The quantitative estimate of drug-likeness (QED) is 0.207. The van der Waals surface area contributed by atoms with Crippen LogP contribution in [-0.2, 0) is 57.2 Å². The van der Waals surface area contributed by atoms with Gasteiger partial charge in [0.05, 0.1) is 0 Å². The number of ether oxygens (including phenoxy) is 5. The molecule has 0 aromatic heterocycles.